The van der Waals surface area contributed by atoms with Crippen LogP contribution in [0.1, 0.15) is 31.7 Å². The average Bonchev–Trinajstić information content (AvgIpc) is 2.53. The Hall–Kier alpha value is -0.610. The van der Waals surface area contributed by atoms with Gasteiger partial charge in [0.15, 0.2) is 5.11 Å². The van der Waals surface area contributed by atoms with E-state index in [9.17, 15) is 0 Å². The van der Waals surface area contributed by atoms with Crippen molar-refractivity contribution in [2.75, 3.05) is 0 Å². The fourth-order valence-corrected chi connectivity index (χ4v) is 2.26. The molecule has 0 aromatic carbocycles. The Morgan fingerprint density at radius 1 is 1.36 bits per heavy atom. The van der Waals surface area contributed by atoms with Gasteiger partial charge < -0.3 is 10.6 Å². The molecular formula is C10H16N2S2. The van der Waals surface area contributed by atoms with Gasteiger partial charge in [0, 0.05) is 10.9 Å². The van der Waals surface area contributed by atoms with Gasteiger partial charge in [0.1, 0.15) is 0 Å². The molecule has 1 aromatic rings. The van der Waals surface area contributed by atoms with E-state index in [2.05, 4.69) is 48.9 Å². The van der Waals surface area contributed by atoms with Gasteiger partial charge in [0.2, 0.25) is 0 Å². The second-order valence-corrected chi connectivity index (χ2v) is 4.90. The van der Waals surface area contributed by atoms with Gasteiger partial charge in [-0.05, 0) is 44.4 Å². The molecular weight excluding hydrogens is 212 g/mol. The van der Waals surface area contributed by atoms with Crippen LogP contribution in [0.2, 0.25) is 0 Å². The summed E-state index contributed by atoms with van der Waals surface area (Å²) in [6.07, 6.45) is 0. The molecule has 0 spiro atoms. The first-order valence-electron chi connectivity index (χ1n) is 4.70. The first-order chi connectivity index (χ1) is 6.59. The minimum atomic E-state index is 0.286. The lowest BCUT2D eigenvalue weighted by Gasteiger charge is -2.17. The molecule has 78 valence electrons. The summed E-state index contributed by atoms with van der Waals surface area (Å²) in [6.45, 7) is 6.26. The quantitative estimate of drug-likeness (QED) is 0.778. The van der Waals surface area contributed by atoms with E-state index in [0.717, 1.165) is 5.11 Å². The zero-order chi connectivity index (χ0) is 10.6. The maximum Gasteiger partial charge on any atom is 0.166 e. The van der Waals surface area contributed by atoms with E-state index in [0.29, 0.717) is 6.04 Å². The van der Waals surface area contributed by atoms with Gasteiger partial charge in [-0.15, -0.1) is 11.3 Å². The number of thiophene rings is 1. The minimum Gasteiger partial charge on any atom is -0.361 e. The van der Waals surface area contributed by atoms with Crippen molar-refractivity contribution in [2.24, 2.45) is 0 Å². The summed E-state index contributed by atoms with van der Waals surface area (Å²) < 4.78 is 0. The molecule has 0 fully saturated rings. The monoisotopic (exact) mass is 228 g/mol. The van der Waals surface area contributed by atoms with Crippen LogP contribution < -0.4 is 10.6 Å². The third-order valence-electron chi connectivity index (χ3n) is 1.74. The normalized spacial score (nSPS) is 12.6. The largest absolute Gasteiger partial charge is 0.361 e. The molecule has 2 nitrogen and oxygen atoms in total. The zero-order valence-electron chi connectivity index (χ0n) is 8.70. The lowest BCUT2D eigenvalue weighted by molar-refractivity contribution is 0.670. The van der Waals surface area contributed by atoms with Crippen molar-refractivity contribution in [2.45, 2.75) is 32.9 Å². The highest BCUT2D eigenvalue weighted by atomic mass is 32.1. The standard InChI is InChI=1S/C10H16N2S2/c1-7(2)11-10(13)12-8(3)9-5-4-6-14-9/h4-8H,1-3H3,(H2,11,12,13). The zero-order valence-corrected chi connectivity index (χ0v) is 10.3. The van der Waals surface area contributed by atoms with Gasteiger partial charge in [0.25, 0.3) is 0 Å². The molecule has 1 aromatic heterocycles. The number of hydrogen-bond donors (Lipinski definition) is 2. The lowest BCUT2D eigenvalue weighted by atomic mass is 10.3. The second kappa shape index (κ2) is 5.32. The Labute approximate surface area is 94.7 Å². The maximum absolute atomic E-state index is 5.16. The van der Waals surface area contributed by atoms with Crippen molar-refractivity contribution in [3.05, 3.63) is 22.4 Å². The van der Waals surface area contributed by atoms with E-state index in [1.807, 2.05) is 0 Å². The molecule has 0 aliphatic rings. The number of hydrogen-bond acceptors (Lipinski definition) is 2. The summed E-state index contributed by atoms with van der Waals surface area (Å²) in [5, 5.41) is 9.20. The molecule has 14 heavy (non-hydrogen) atoms. The van der Waals surface area contributed by atoms with Crippen molar-refractivity contribution in [3.8, 4) is 0 Å². The highest BCUT2D eigenvalue weighted by molar-refractivity contribution is 7.80. The Kier molecular flexibility index (Phi) is 4.35. The second-order valence-electron chi connectivity index (χ2n) is 3.51. The molecule has 0 aliphatic heterocycles. The Balaban J connectivity index is 2.41. The maximum atomic E-state index is 5.16. The summed E-state index contributed by atoms with van der Waals surface area (Å²) in [5.74, 6) is 0. The van der Waals surface area contributed by atoms with Gasteiger partial charge in [-0.2, -0.15) is 0 Å². The fourth-order valence-electron chi connectivity index (χ4n) is 1.11. The van der Waals surface area contributed by atoms with Gasteiger partial charge in [-0.3, -0.25) is 0 Å². The molecule has 1 unspecified atom stereocenters. The van der Waals surface area contributed by atoms with Gasteiger partial charge in [-0.1, -0.05) is 6.07 Å². The predicted molar refractivity (Wildman–Crippen MR) is 66.7 cm³/mol. The van der Waals surface area contributed by atoms with Crippen LogP contribution in [-0.4, -0.2) is 11.2 Å². The molecule has 0 radical (unpaired) electrons. The van der Waals surface area contributed by atoms with Crippen molar-refractivity contribution >= 4 is 28.7 Å². The van der Waals surface area contributed by atoms with Crippen LogP contribution >= 0.6 is 23.6 Å². The van der Waals surface area contributed by atoms with Crippen LogP contribution in [-0.2, 0) is 0 Å². The Morgan fingerprint density at radius 2 is 2.07 bits per heavy atom. The van der Waals surface area contributed by atoms with Gasteiger partial charge in [-0.25, -0.2) is 0 Å². The smallest absolute Gasteiger partial charge is 0.166 e. The summed E-state index contributed by atoms with van der Waals surface area (Å²) >= 11 is 6.90. The lowest BCUT2D eigenvalue weighted by Crippen LogP contribution is -2.40. The third-order valence-corrected chi connectivity index (χ3v) is 3.03. The number of rotatable bonds is 3. The van der Waals surface area contributed by atoms with E-state index in [4.69, 9.17) is 12.2 Å². The van der Waals surface area contributed by atoms with Crippen molar-refractivity contribution < 1.29 is 0 Å². The summed E-state index contributed by atoms with van der Waals surface area (Å²) in [6, 6.07) is 4.83. The van der Waals surface area contributed by atoms with Gasteiger partial charge in [0.05, 0.1) is 6.04 Å². The van der Waals surface area contributed by atoms with E-state index in [1.165, 1.54) is 4.88 Å². The first kappa shape index (κ1) is 11.5. The fraction of sp³-hybridized carbons (Fsp3) is 0.500. The van der Waals surface area contributed by atoms with Crippen molar-refractivity contribution in [1.29, 1.82) is 0 Å². The first-order valence-corrected chi connectivity index (χ1v) is 5.99. The number of nitrogens with one attached hydrogen (secondary N) is 2. The van der Waals surface area contributed by atoms with E-state index < -0.39 is 0 Å². The molecule has 0 saturated carbocycles. The molecule has 1 atom stereocenters. The van der Waals surface area contributed by atoms with Crippen LogP contribution in [0.3, 0.4) is 0 Å². The molecule has 0 amide bonds. The summed E-state index contributed by atoms with van der Waals surface area (Å²) in [5.41, 5.74) is 0. The predicted octanol–water partition coefficient (Wildman–Crippen LogP) is 2.68. The SMILES string of the molecule is CC(C)NC(=S)NC(C)c1cccs1. The van der Waals surface area contributed by atoms with Crippen molar-refractivity contribution in [1.82, 2.24) is 10.6 Å². The molecule has 0 saturated heterocycles. The van der Waals surface area contributed by atoms with Crippen LogP contribution in [0.5, 0.6) is 0 Å². The molecule has 0 bridgehead atoms. The molecule has 4 heteroatoms. The average molecular weight is 228 g/mol. The highest BCUT2D eigenvalue weighted by Crippen LogP contribution is 2.17. The minimum absolute atomic E-state index is 0.286. The Bertz CT molecular complexity index is 280. The summed E-state index contributed by atoms with van der Waals surface area (Å²) in [4.78, 5) is 1.30. The molecule has 1 heterocycles. The third kappa shape index (κ3) is 3.64. The van der Waals surface area contributed by atoms with E-state index >= 15 is 0 Å². The van der Waals surface area contributed by atoms with E-state index in [1.54, 1.807) is 11.3 Å². The van der Waals surface area contributed by atoms with Crippen LogP contribution in [0.15, 0.2) is 17.5 Å². The topological polar surface area (TPSA) is 24.1 Å². The molecule has 2 N–H and O–H groups in total. The van der Waals surface area contributed by atoms with Crippen LogP contribution in [0.4, 0.5) is 0 Å². The van der Waals surface area contributed by atoms with Crippen LogP contribution in [0.25, 0.3) is 0 Å². The Morgan fingerprint density at radius 3 is 2.57 bits per heavy atom. The number of thiocarbonyl (C=S) groups is 1. The highest BCUT2D eigenvalue weighted by Gasteiger charge is 2.07. The summed E-state index contributed by atoms with van der Waals surface area (Å²) in [7, 11) is 0. The van der Waals surface area contributed by atoms with Crippen LogP contribution in [0, 0.1) is 0 Å². The molecule has 1 rings (SSSR count). The molecule has 0 aliphatic carbocycles. The van der Waals surface area contributed by atoms with E-state index in [-0.39, 0.29) is 6.04 Å². The van der Waals surface area contributed by atoms with Crippen molar-refractivity contribution in [3.63, 3.8) is 0 Å². The van der Waals surface area contributed by atoms with Gasteiger partial charge >= 0.3 is 0 Å².